The third-order valence-electron chi connectivity index (χ3n) is 2.18. The van der Waals surface area contributed by atoms with Crippen molar-refractivity contribution in [2.45, 2.75) is 20.0 Å². The number of anilines is 1. The van der Waals surface area contributed by atoms with Gasteiger partial charge in [-0.15, -0.1) is 0 Å². The molecule has 5 nitrogen and oxygen atoms in total. The van der Waals surface area contributed by atoms with E-state index in [4.69, 9.17) is 26.8 Å². The van der Waals surface area contributed by atoms with Gasteiger partial charge in [-0.1, -0.05) is 17.7 Å². The fraction of sp³-hybridized carbons (Fsp3) is 0.333. The number of esters is 2. The summed E-state index contributed by atoms with van der Waals surface area (Å²) in [5.74, 6) is -1.32. The average molecular weight is 272 g/mol. The van der Waals surface area contributed by atoms with E-state index >= 15 is 0 Å². The van der Waals surface area contributed by atoms with Gasteiger partial charge in [-0.05, 0) is 26.0 Å². The highest BCUT2D eigenvalue weighted by molar-refractivity contribution is 6.33. The van der Waals surface area contributed by atoms with Gasteiger partial charge >= 0.3 is 11.9 Å². The Morgan fingerprint density at radius 1 is 1.44 bits per heavy atom. The fourth-order valence-corrected chi connectivity index (χ4v) is 1.42. The number of carbonyl (C=O) groups is 2. The van der Waals surface area contributed by atoms with Gasteiger partial charge in [0.2, 0.25) is 0 Å². The smallest absolute Gasteiger partial charge is 0.347 e. The Morgan fingerprint density at radius 2 is 2.11 bits per heavy atom. The van der Waals surface area contributed by atoms with Crippen LogP contribution in [-0.4, -0.2) is 24.6 Å². The lowest BCUT2D eigenvalue weighted by Gasteiger charge is -2.13. The Morgan fingerprint density at radius 3 is 2.72 bits per heavy atom. The number of benzene rings is 1. The third-order valence-corrected chi connectivity index (χ3v) is 2.50. The minimum atomic E-state index is -0.990. The van der Waals surface area contributed by atoms with Gasteiger partial charge in [-0.25, -0.2) is 9.59 Å². The molecule has 0 spiro atoms. The summed E-state index contributed by atoms with van der Waals surface area (Å²) in [4.78, 5) is 23.1. The number of hydrogen-bond acceptors (Lipinski definition) is 5. The Hall–Kier alpha value is -1.75. The van der Waals surface area contributed by atoms with Crippen LogP contribution in [0, 0.1) is 0 Å². The molecular weight excluding hydrogens is 258 g/mol. The van der Waals surface area contributed by atoms with Gasteiger partial charge in [-0.2, -0.15) is 0 Å². The maximum absolute atomic E-state index is 11.8. The maximum Gasteiger partial charge on any atom is 0.347 e. The Bertz CT molecular complexity index is 461. The van der Waals surface area contributed by atoms with Crippen LogP contribution in [0.4, 0.5) is 5.69 Å². The average Bonchev–Trinajstić information content (AvgIpc) is 2.32. The fourth-order valence-electron chi connectivity index (χ4n) is 1.25. The van der Waals surface area contributed by atoms with Crippen LogP contribution in [0.2, 0.25) is 5.02 Å². The summed E-state index contributed by atoms with van der Waals surface area (Å²) >= 11 is 5.78. The van der Waals surface area contributed by atoms with E-state index < -0.39 is 18.0 Å². The molecule has 18 heavy (non-hydrogen) atoms. The van der Waals surface area contributed by atoms with Crippen molar-refractivity contribution >= 4 is 29.2 Å². The lowest BCUT2D eigenvalue weighted by molar-refractivity contribution is -0.152. The quantitative estimate of drug-likeness (QED) is 0.670. The van der Waals surface area contributed by atoms with Crippen molar-refractivity contribution in [3.63, 3.8) is 0 Å². The third kappa shape index (κ3) is 3.37. The molecule has 98 valence electrons. The normalized spacial score (nSPS) is 11.7. The molecule has 0 aliphatic heterocycles. The second-order valence-electron chi connectivity index (χ2n) is 3.50. The molecule has 0 radical (unpaired) electrons. The molecule has 1 rings (SSSR count). The van der Waals surface area contributed by atoms with Crippen molar-refractivity contribution in [2.75, 3.05) is 12.3 Å². The molecule has 0 bridgehead atoms. The van der Waals surface area contributed by atoms with Gasteiger partial charge in [-0.3, -0.25) is 0 Å². The van der Waals surface area contributed by atoms with Gasteiger partial charge in [0.15, 0.2) is 6.10 Å². The highest BCUT2D eigenvalue weighted by atomic mass is 35.5. The van der Waals surface area contributed by atoms with Gasteiger partial charge in [0.05, 0.1) is 22.9 Å². The van der Waals surface area contributed by atoms with Crippen LogP contribution in [0.1, 0.15) is 24.2 Å². The predicted molar refractivity (Wildman–Crippen MR) is 67.4 cm³/mol. The molecule has 0 saturated carbocycles. The van der Waals surface area contributed by atoms with Crippen LogP contribution in [-0.2, 0) is 14.3 Å². The van der Waals surface area contributed by atoms with E-state index in [-0.39, 0.29) is 22.9 Å². The van der Waals surface area contributed by atoms with Crippen molar-refractivity contribution in [1.82, 2.24) is 0 Å². The lowest BCUT2D eigenvalue weighted by atomic mass is 10.2. The summed E-state index contributed by atoms with van der Waals surface area (Å²) in [7, 11) is 0. The summed E-state index contributed by atoms with van der Waals surface area (Å²) in [5, 5.41) is 0.258. The molecule has 6 heteroatoms. The number of rotatable bonds is 4. The first-order valence-corrected chi connectivity index (χ1v) is 5.76. The van der Waals surface area contributed by atoms with Crippen molar-refractivity contribution in [2.24, 2.45) is 0 Å². The Balaban J connectivity index is 2.77. The number of ether oxygens (including phenoxy) is 2. The highest BCUT2D eigenvalue weighted by Gasteiger charge is 2.21. The van der Waals surface area contributed by atoms with Gasteiger partial charge in [0.25, 0.3) is 0 Å². The second-order valence-corrected chi connectivity index (χ2v) is 3.91. The lowest BCUT2D eigenvalue weighted by Crippen LogP contribution is -2.26. The van der Waals surface area contributed by atoms with Gasteiger partial charge < -0.3 is 15.2 Å². The molecule has 1 aromatic rings. The summed E-state index contributed by atoms with van der Waals surface area (Å²) < 4.78 is 9.66. The molecule has 1 aromatic carbocycles. The molecule has 0 amide bonds. The Kier molecular flexibility index (Phi) is 4.97. The van der Waals surface area contributed by atoms with Gasteiger partial charge in [0, 0.05) is 0 Å². The number of halogens is 1. The zero-order valence-electron chi connectivity index (χ0n) is 10.1. The molecule has 1 unspecified atom stereocenters. The monoisotopic (exact) mass is 271 g/mol. The summed E-state index contributed by atoms with van der Waals surface area (Å²) in [6, 6.07) is 4.61. The number of hydrogen-bond donors (Lipinski definition) is 1. The molecule has 0 aromatic heterocycles. The highest BCUT2D eigenvalue weighted by Crippen LogP contribution is 2.23. The van der Waals surface area contributed by atoms with E-state index in [2.05, 4.69) is 0 Å². The van der Waals surface area contributed by atoms with Crippen LogP contribution in [0.5, 0.6) is 0 Å². The number of carbonyl (C=O) groups excluding carboxylic acids is 2. The molecule has 1 atom stereocenters. The molecule has 0 heterocycles. The van der Waals surface area contributed by atoms with Crippen molar-refractivity contribution in [3.05, 3.63) is 28.8 Å². The maximum atomic E-state index is 11.8. The van der Waals surface area contributed by atoms with E-state index in [0.717, 1.165) is 0 Å². The summed E-state index contributed by atoms with van der Waals surface area (Å²) in [6.45, 7) is 3.32. The zero-order chi connectivity index (χ0) is 13.7. The van der Waals surface area contributed by atoms with Crippen LogP contribution >= 0.6 is 11.6 Å². The first-order valence-electron chi connectivity index (χ1n) is 5.39. The molecule has 0 fully saturated rings. The van der Waals surface area contributed by atoms with Gasteiger partial charge in [0.1, 0.15) is 0 Å². The minimum Gasteiger partial charge on any atom is -0.463 e. The van der Waals surface area contributed by atoms with Crippen LogP contribution in [0.15, 0.2) is 18.2 Å². The largest absolute Gasteiger partial charge is 0.463 e. The van der Waals surface area contributed by atoms with Crippen molar-refractivity contribution < 1.29 is 19.1 Å². The molecule has 0 aliphatic carbocycles. The summed E-state index contributed by atoms with van der Waals surface area (Å²) in [5.41, 5.74) is 5.89. The first-order chi connectivity index (χ1) is 8.47. The van der Waals surface area contributed by atoms with Crippen LogP contribution < -0.4 is 5.73 Å². The first kappa shape index (κ1) is 14.3. The van der Waals surface area contributed by atoms with Crippen molar-refractivity contribution in [1.29, 1.82) is 0 Å². The minimum absolute atomic E-state index is 0.124. The number of nitrogen functional groups attached to an aromatic ring is 1. The van der Waals surface area contributed by atoms with E-state index in [1.807, 2.05) is 0 Å². The Labute approximate surface area is 110 Å². The second kappa shape index (κ2) is 6.26. The van der Waals surface area contributed by atoms with Crippen molar-refractivity contribution in [3.8, 4) is 0 Å². The van der Waals surface area contributed by atoms with E-state index in [1.54, 1.807) is 19.1 Å². The summed E-state index contributed by atoms with van der Waals surface area (Å²) in [6.07, 6.45) is -0.990. The van der Waals surface area contributed by atoms with E-state index in [0.29, 0.717) is 0 Å². The zero-order valence-corrected chi connectivity index (χ0v) is 10.9. The SMILES string of the molecule is CCOC(=O)C(C)OC(=O)c1cccc(Cl)c1N. The van der Waals surface area contributed by atoms with E-state index in [9.17, 15) is 9.59 Å². The van der Waals surface area contributed by atoms with E-state index in [1.165, 1.54) is 13.0 Å². The molecule has 0 saturated heterocycles. The predicted octanol–water partition coefficient (Wildman–Crippen LogP) is 2.03. The van der Waals surface area contributed by atoms with Crippen LogP contribution in [0.25, 0.3) is 0 Å². The molecule has 2 N–H and O–H groups in total. The standard InChI is InChI=1S/C12H14ClNO4/c1-3-17-11(15)7(2)18-12(16)8-5-4-6-9(13)10(8)14/h4-7H,3,14H2,1-2H3. The molecular formula is C12H14ClNO4. The number of para-hydroxylation sites is 1. The molecule has 0 aliphatic rings. The number of nitrogens with two attached hydrogens (primary N) is 1. The van der Waals surface area contributed by atoms with Crippen LogP contribution in [0.3, 0.4) is 0 Å². The topological polar surface area (TPSA) is 78.6 Å².